The second-order valence-corrected chi connectivity index (χ2v) is 7.70. The molecule has 6 rings (SSSR count). The van der Waals surface area contributed by atoms with Gasteiger partial charge in [0.1, 0.15) is 5.52 Å². The molecule has 0 aliphatic carbocycles. The van der Waals surface area contributed by atoms with Crippen molar-refractivity contribution in [3.8, 4) is 11.5 Å². The molecule has 6 nitrogen and oxygen atoms in total. The van der Waals surface area contributed by atoms with Crippen molar-refractivity contribution in [2.45, 2.75) is 25.5 Å². The highest BCUT2D eigenvalue weighted by molar-refractivity contribution is 6.05. The summed E-state index contributed by atoms with van der Waals surface area (Å²) in [4.78, 5) is 20.0. The molecule has 3 aliphatic heterocycles. The Kier molecular flexibility index (Phi) is 4.37. The van der Waals surface area contributed by atoms with E-state index in [1.807, 2.05) is 36.4 Å². The van der Waals surface area contributed by atoms with Crippen LogP contribution in [0.1, 0.15) is 28.8 Å². The molecule has 4 heterocycles. The molecule has 6 heteroatoms. The first kappa shape index (κ1) is 17.4. The van der Waals surface area contributed by atoms with E-state index in [0.717, 1.165) is 43.6 Å². The van der Waals surface area contributed by atoms with Crippen molar-refractivity contribution in [1.29, 1.82) is 0 Å². The number of aliphatic hydroxyl groups is 1. The number of nitrogens with one attached hydrogen (secondary N) is 1. The number of fused-ring (bicyclic) bond motifs is 4. The molecule has 1 amide bonds. The number of carbonyl (C=O) groups excluding carboxylic acids is 1. The van der Waals surface area contributed by atoms with E-state index in [4.69, 9.17) is 4.42 Å². The van der Waals surface area contributed by atoms with Crippen LogP contribution in [0.5, 0.6) is 0 Å². The fraction of sp³-hybridized carbons (Fsp3) is 0.364. The Hall–Kier alpha value is -2.70. The lowest BCUT2D eigenvalue weighted by atomic mass is 9.84. The van der Waals surface area contributed by atoms with Crippen LogP contribution in [0.25, 0.3) is 22.6 Å². The molecule has 1 aromatic heterocycles. The topological polar surface area (TPSA) is 78.6 Å². The summed E-state index contributed by atoms with van der Waals surface area (Å²) in [7, 11) is 0. The molecule has 1 atom stereocenters. The number of aliphatic hydroxyl groups excluding tert-OH is 1. The molecule has 144 valence electrons. The molecule has 3 aromatic rings. The van der Waals surface area contributed by atoms with Crippen LogP contribution in [0.4, 0.5) is 0 Å². The molecule has 28 heavy (non-hydrogen) atoms. The van der Waals surface area contributed by atoms with E-state index >= 15 is 0 Å². The Bertz CT molecular complexity index is 1020. The average Bonchev–Trinajstić information content (AvgIpc) is 3.18. The highest BCUT2D eigenvalue weighted by atomic mass is 16.3. The number of piperidine rings is 3. The van der Waals surface area contributed by atoms with Gasteiger partial charge in [0.15, 0.2) is 5.58 Å². The second kappa shape index (κ2) is 7.04. The van der Waals surface area contributed by atoms with Crippen molar-refractivity contribution >= 4 is 17.0 Å². The number of rotatable bonds is 4. The summed E-state index contributed by atoms with van der Waals surface area (Å²) in [6.07, 6.45) is 2.31. The third-order valence-corrected chi connectivity index (χ3v) is 6.05. The number of nitrogens with zero attached hydrogens (tertiary/aromatic N) is 2. The average molecular weight is 377 g/mol. The monoisotopic (exact) mass is 377 g/mol. The van der Waals surface area contributed by atoms with E-state index in [1.165, 1.54) is 0 Å². The van der Waals surface area contributed by atoms with Gasteiger partial charge in [-0.3, -0.25) is 4.79 Å². The van der Waals surface area contributed by atoms with E-state index in [1.54, 1.807) is 6.07 Å². The Morgan fingerprint density at radius 1 is 1.18 bits per heavy atom. The Balaban J connectivity index is 1.47. The second-order valence-electron chi connectivity index (χ2n) is 7.70. The number of benzene rings is 2. The van der Waals surface area contributed by atoms with Crippen molar-refractivity contribution < 1.29 is 14.3 Å². The number of para-hydroxylation sites is 1. The van der Waals surface area contributed by atoms with Crippen molar-refractivity contribution in [3.63, 3.8) is 0 Å². The van der Waals surface area contributed by atoms with Crippen LogP contribution in [0.2, 0.25) is 0 Å². The molecule has 3 aliphatic rings. The van der Waals surface area contributed by atoms with Crippen LogP contribution >= 0.6 is 0 Å². The highest BCUT2D eigenvalue weighted by Crippen LogP contribution is 2.30. The molecule has 3 fully saturated rings. The van der Waals surface area contributed by atoms with Gasteiger partial charge in [0, 0.05) is 18.2 Å². The first-order valence-electron chi connectivity index (χ1n) is 9.85. The van der Waals surface area contributed by atoms with Crippen molar-refractivity contribution in [1.82, 2.24) is 15.2 Å². The molecular weight excluding hydrogens is 354 g/mol. The van der Waals surface area contributed by atoms with Gasteiger partial charge in [0.2, 0.25) is 5.89 Å². The summed E-state index contributed by atoms with van der Waals surface area (Å²) in [6.45, 7) is 3.12. The van der Waals surface area contributed by atoms with Gasteiger partial charge < -0.3 is 19.7 Å². The zero-order chi connectivity index (χ0) is 19.1. The number of hydrogen-bond donors (Lipinski definition) is 2. The zero-order valence-electron chi connectivity index (χ0n) is 15.6. The fourth-order valence-corrected chi connectivity index (χ4v) is 4.49. The van der Waals surface area contributed by atoms with Gasteiger partial charge in [-0.05, 0) is 55.6 Å². The molecule has 2 N–H and O–H groups in total. The minimum absolute atomic E-state index is 0.0954. The number of hydrogen-bond acceptors (Lipinski definition) is 5. The lowest BCUT2D eigenvalue weighted by Crippen LogP contribution is -2.57. The van der Waals surface area contributed by atoms with Crippen LogP contribution < -0.4 is 5.32 Å². The van der Waals surface area contributed by atoms with Gasteiger partial charge in [-0.2, -0.15) is 0 Å². The van der Waals surface area contributed by atoms with E-state index in [-0.39, 0.29) is 18.6 Å². The lowest BCUT2D eigenvalue weighted by molar-refractivity contribution is 0.0621. The highest BCUT2D eigenvalue weighted by Gasteiger charge is 2.35. The van der Waals surface area contributed by atoms with Crippen molar-refractivity contribution in [2.24, 2.45) is 5.92 Å². The Morgan fingerprint density at radius 3 is 2.75 bits per heavy atom. The summed E-state index contributed by atoms with van der Waals surface area (Å²) in [5.74, 6) is 0.889. The summed E-state index contributed by atoms with van der Waals surface area (Å²) >= 11 is 0. The summed E-state index contributed by atoms with van der Waals surface area (Å²) in [5, 5.41) is 12.8. The largest absolute Gasteiger partial charge is 0.436 e. The van der Waals surface area contributed by atoms with E-state index in [9.17, 15) is 9.90 Å². The third kappa shape index (κ3) is 2.99. The van der Waals surface area contributed by atoms with Gasteiger partial charge in [-0.1, -0.05) is 24.3 Å². The Labute approximate surface area is 163 Å². The van der Waals surface area contributed by atoms with Crippen LogP contribution in [0.15, 0.2) is 46.9 Å². The number of aromatic nitrogens is 1. The predicted octanol–water partition coefficient (Wildman–Crippen LogP) is 2.81. The van der Waals surface area contributed by atoms with Gasteiger partial charge >= 0.3 is 0 Å². The van der Waals surface area contributed by atoms with Crippen LogP contribution in [0.3, 0.4) is 0 Å². The van der Waals surface area contributed by atoms with E-state index in [0.29, 0.717) is 28.5 Å². The molecular formula is C22H23N3O3. The zero-order valence-corrected chi connectivity index (χ0v) is 15.6. The van der Waals surface area contributed by atoms with Crippen LogP contribution in [-0.2, 0) is 6.61 Å². The quantitative estimate of drug-likeness (QED) is 0.731. The van der Waals surface area contributed by atoms with Crippen molar-refractivity contribution in [2.75, 3.05) is 19.6 Å². The fourth-order valence-electron chi connectivity index (χ4n) is 4.49. The van der Waals surface area contributed by atoms with Crippen LogP contribution in [0, 0.1) is 5.92 Å². The molecule has 0 spiro atoms. The first-order valence-corrected chi connectivity index (χ1v) is 9.85. The minimum atomic E-state index is -0.0976. The van der Waals surface area contributed by atoms with Gasteiger partial charge in [0.25, 0.3) is 5.91 Å². The normalized spacial score (nSPS) is 23.8. The van der Waals surface area contributed by atoms with Crippen LogP contribution in [-0.4, -0.2) is 46.6 Å². The van der Waals surface area contributed by atoms with Gasteiger partial charge in [-0.25, -0.2) is 4.98 Å². The molecule has 1 unspecified atom stereocenters. The molecule has 0 radical (unpaired) electrons. The lowest BCUT2D eigenvalue weighted by Gasteiger charge is -2.44. The van der Waals surface area contributed by atoms with Crippen molar-refractivity contribution in [3.05, 3.63) is 53.6 Å². The number of carbonyl (C=O) groups is 1. The number of amides is 1. The first-order chi connectivity index (χ1) is 13.7. The van der Waals surface area contributed by atoms with Gasteiger partial charge in [0.05, 0.1) is 12.2 Å². The predicted molar refractivity (Wildman–Crippen MR) is 106 cm³/mol. The van der Waals surface area contributed by atoms with Gasteiger partial charge in [-0.15, -0.1) is 0 Å². The molecule has 0 saturated carbocycles. The minimum Gasteiger partial charge on any atom is -0.436 e. The Morgan fingerprint density at radius 2 is 2.00 bits per heavy atom. The molecule has 3 saturated heterocycles. The summed E-state index contributed by atoms with van der Waals surface area (Å²) in [6, 6.07) is 13.1. The number of oxazole rings is 1. The maximum absolute atomic E-state index is 13.0. The summed E-state index contributed by atoms with van der Waals surface area (Å²) in [5.41, 5.74) is 3.15. The molecule has 2 bridgehead atoms. The van der Waals surface area contributed by atoms with E-state index < -0.39 is 0 Å². The maximum Gasteiger partial charge on any atom is 0.253 e. The molecule has 2 aromatic carbocycles. The SMILES string of the molecule is O=C(NC1CN2CCC1CC2)c1cccc2oc(-c3ccccc3CO)nc12. The standard InChI is InChI=1S/C22H23N3O3/c26-13-15-4-1-2-5-16(15)22-24-20-17(6-3-7-19(20)28-22)21(27)23-18-12-25-10-8-14(18)9-11-25/h1-7,14,18,26H,8-13H2,(H,23,27). The smallest absolute Gasteiger partial charge is 0.253 e. The maximum atomic E-state index is 13.0. The summed E-state index contributed by atoms with van der Waals surface area (Å²) < 4.78 is 5.92. The van der Waals surface area contributed by atoms with E-state index in [2.05, 4.69) is 15.2 Å². The third-order valence-electron chi connectivity index (χ3n) is 6.05.